The fourth-order valence-corrected chi connectivity index (χ4v) is 1.09. The van der Waals surface area contributed by atoms with Crippen molar-refractivity contribution >= 4 is 12.4 Å². The minimum atomic E-state index is 0. The molecule has 2 N–H and O–H groups in total. The zero-order chi connectivity index (χ0) is 6.74. The maximum atomic E-state index is 3.38. The van der Waals surface area contributed by atoms with Crippen molar-refractivity contribution in [1.29, 1.82) is 0 Å². The highest BCUT2D eigenvalue weighted by Gasteiger charge is 2.18. The van der Waals surface area contributed by atoms with Crippen molar-refractivity contribution in [2.45, 2.75) is 13.8 Å². The lowest BCUT2D eigenvalue weighted by molar-refractivity contribution is 0.356. The summed E-state index contributed by atoms with van der Waals surface area (Å²) in [4.78, 5) is 0. The van der Waals surface area contributed by atoms with Crippen LogP contribution in [-0.4, -0.2) is 26.2 Å². The van der Waals surface area contributed by atoms with Crippen LogP contribution in [0, 0.1) is 5.41 Å². The van der Waals surface area contributed by atoms with Crippen LogP contribution in [0.3, 0.4) is 0 Å². The molecule has 10 heavy (non-hydrogen) atoms. The Morgan fingerprint density at radius 3 is 1.80 bits per heavy atom. The molecule has 0 amide bonds. The zero-order valence-electron chi connectivity index (χ0n) is 6.74. The van der Waals surface area contributed by atoms with Gasteiger partial charge in [0.2, 0.25) is 0 Å². The van der Waals surface area contributed by atoms with Crippen LogP contribution in [0.1, 0.15) is 13.8 Å². The first-order valence-electron chi connectivity index (χ1n) is 3.62. The van der Waals surface area contributed by atoms with E-state index in [0.717, 1.165) is 26.2 Å². The molecule has 1 rings (SSSR count). The average molecular weight is 165 g/mol. The van der Waals surface area contributed by atoms with Crippen LogP contribution >= 0.6 is 12.4 Å². The number of halogens is 1. The van der Waals surface area contributed by atoms with Gasteiger partial charge < -0.3 is 10.6 Å². The van der Waals surface area contributed by atoms with E-state index in [1.807, 2.05) is 0 Å². The molecule has 3 heteroatoms. The Morgan fingerprint density at radius 2 is 1.40 bits per heavy atom. The van der Waals surface area contributed by atoms with E-state index in [2.05, 4.69) is 24.5 Å². The van der Waals surface area contributed by atoms with Gasteiger partial charge in [0.25, 0.3) is 0 Å². The van der Waals surface area contributed by atoms with Crippen LogP contribution in [0.2, 0.25) is 0 Å². The SMILES string of the molecule is CC1(C)CNCCNC1.Cl. The summed E-state index contributed by atoms with van der Waals surface area (Å²) in [5, 5.41) is 6.75. The number of hydrogen-bond acceptors (Lipinski definition) is 2. The molecule has 0 aromatic carbocycles. The lowest BCUT2D eigenvalue weighted by atomic mass is 9.94. The van der Waals surface area contributed by atoms with Gasteiger partial charge in [-0.15, -0.1) is 12.4 Å². The van der Waals surface area contributed by atoms with Gasteiger partial charge in [-0.05, 0) is 5.41 Å². The minimum absolute atomic E-state index is 0. The first-order valence-corrected chi connectivity index (χ1v) is 3.62. The van der Waals surface area contributed by atoms with E-state index in [9.17, 15) is 0 Å². The highest BCUT2D eigenvalue weighted by Crippen LogP contribution is 2.11. The molecule has 0 spiro atoms. The molecule has 2 nitrogen and oxygen atoms in total. The van der Waals surface area contributed by atoms with Crippen molar-refractivity contribution in [3.8, 4) is 0 Å². The Hall–Kier alpha value is 0.210. The van der Waals surface area contributed by atoms with Crippen molar-refractivity contribution in [2.24, 2.45) is 5.41 Å². The van der Waals surface area contributed by atoms with Gasteiger partial charge in [-0.25, -0.2) is 0 Å². The van der Waals surface area contributed by atoms with Crippen LogP contribution in [0.4, 0.5) is 0 Å². The van der Waals surface area contributed by atoms with Gasteiger partial charge in [0.15, 0.2) is 0 Å². The molecule has 0 atom stereocenters. The predicted molar refractivity (Wildman–Crippen MR) is 46.8 cm³/mol. The molecular formula is C7H17ClN2. The van der Waals surface area contributed by atoms with Crippen LogP contribution in [0.15, 0.2) is 0 Å². The molecule has 62 valence electrons. The lowest BCUT2D eigenvalue weighted by Gasteiger charge is -2.21. The molecule has 1 fully saturated rings. The van der Waals surface area contributed by atoms with E-state index in [1.54, 1.807) is 0 Å². The number of nitrogens with one attached hydrogen (secondary N) is 2. The largest absolute Gasteiger partial charge is 0.315 e. The van der Waals surface area contributed by atoms with Gasteiger partial charge in [-0.1, -0.05) is 13.8 Å². The Balaban J connectivity index is 0.000000810. The monoisotopic (exact) mass is 164 g/mol. The Kier molecular flexibility index (Phi) is 4.25. The van der Waals surface area contributed by atoms with Gasteiger partial charge in [0.1, 0.15) is 0 Å². The quantitative estimate of drug-likeness (QED) is 0.549. The van der Waals surface area contributed by atoms with Gasteiger partial charge in [-0.3, -0.25) is 0 Å². The van der Waals surface area contributed by atoms with E-state index < -0.39 is 0 Å². The van der Waals surface area contributed by atoms with Crippen molar-refractivity contribution in [3.05, 3.63) is 0 Å². The smallest absolute Gasteiger partial charge is 0.00769 e. The lowest BCUT2D eigenvalue weighted by Crippen LogP contribution is -2.31. The third-order valence-electron chi connectivity index (χ3n) is 1.69. The van der Waals surface area contributed by atoms with Gasteiger partial charge in [0, 0.05) is 26.2 Å². The van der Waals surface area contributed by atoms with E-state index in [4.69, 9.17) is 0 Å². The third-order valence-corrected chi connectivity index (χ3v) is 1.69. The first-order chi connectivity index (χ1) is 4.21. The van der Waals surface area contributed by atoms with Gasteiger partial charge in [0.05, 0.1) is 0 Å². The summed E-state index contributed by atoms with van der Waals surface area (Å²) in [6, 6.07) is 0. The highest BCUT2D eigenvalue weighted by atomic mass is 35.5. The summed E-state index contributed by atoms with van der Waals surface area (Å²) in [5.41, 5.74) is 0.441. The van der Waals surface area contributed by atoms with Gasteiger partial charge in [-0.2, -0.15) is 0 Å². The molecule has 0 bridgehead atoms. The normalized spacial score (nSPS) is 24.6. The average Bonchev–Trinajstić information content (AvgIpc) is 1.92. The Bertz CT molecular complexity index is 83.6. The van der Waals surface area contributed by atoms with Crippen LogP contribution in [0.5, 0.6) is 0 Å². The second-order valence-corrected chi connectivity index (χ2v) is 3.52. The maximum Gasteiger partial charge on any atom is 0.00769 e. The van der Waals surface area contributed by atoms with Gasteiger partial charge >= 0.3 is 0 Å². The van der Waals surface area contributed by atoms with Crippen LogP contribution in [0.25, 0.3) is 0 Å². The number of rotatable bonds is 0. The first kappa shape index (κ1) is 10.2. The molecule has 1 heterocycles. The van der Waals surface area contributed by atoms with E-state index >= 15 is 0 Å². The molecule has 0 aliphatic carbocycles. The topological polar surface area (TPSA) is 24.1 Å². The van der Waals surface area contributed by atoms with Crippen molar-refractivity contribution in [3.63, 3.8) is 0 Å². The summed E-state index contributed by atoms with van der Waals surface area (Å²) in [6.07, 6.45) is 0. The fraction of sp³-hybridized carbons (Fsp3) is 1.00. The number of hydrogen-bond donors (Lipinski definition) is 2. The Morgan fingerprint density at radius 1 is 1.00 bits per heavy atom. The Labute approximate surface area is 69.2 Å². The van der Waals surface area contributed by atoms with Crippen molar-refractivity contribution in [2.75, 3.05) is 26.2 Å². The van der Waals surface area contributed by atoms with Crippen molar-refractivity contribution in [1.82, 2.24) is 10.6 Å². The molecule has 0 unspecified atom stereocenters. The molecule has 1 aliphatic rings. The van der Waals surface area contributed by atoms with E-state index in [1.165, 1.54) is 0 Å². The molecule has 1 aliphatic heterocycles. The molecule has 1 saturated heterocycles. The zero-order valence-corrected chi connectivity index (χ0v) is 7.55. The highest BCUT2D eigenvalue weighted by molar-refractivity contribution is 5.85. The standard InChI is InChI=1S/C7H16N2.ClH/c1-7(2)5-8-3-4-9-6-7;/h8-9H,3-6H2,1-2H3;1H. The second-order valence-electron chi connectivity index (χ2n) is 3.52. The molecular weight excluding hydrogens is 148 g/mol. The van der Waals surface area contributed by atoms with Crippen LogP contribution < -0.4 is 10.6 Å². The molecule has 0 saturated carbocycles. The third kappa shape index (κ3) is 3.40. The van der Waals surface area contributed by atoms with E-state index in [0.29, 0.717) is 5.41 Å². The summed E-state index contributed by atoms with van der Waals surface area (Å²) in [5.74, 6) is 0. The van der Waals surface area contributed by atoms with Crippen molar-refractivity contribution < 1.29 is 0 Å². The predicted octanol–water partition coefficient (Wildman–Crippen LogP) is 0.627. The van der Waals surface area contributed by atoms with E-state index in [-0.39, 0.29) is 12.4 Å². The maximum absolute atomic E-state index is 3.38. The summed E-state index contributed by atoms with van der Waals surface area (Å²) < 4.78 is 0. The summed E-state index contributed by atoms with van der Waals surface area (Å²) >= 11 is 0. The minimum Gasteiger partial charge on any atom is -0.315 e. The summed E-state index contributed by atoms with van der Waals surface area (Å²) in [7, 11) is 0. The van der Waals surface area contributed by atoms with Crippen LogP contribution in [-0.2, 0) is 0 Å². The fourth-order valence-electron chi connectivity index (χ4n) is 1.09. The molecule has 0 radical (unpaired) electrons. The molecule has 0 aromatic rings. The summed E-state index contributed by atoms with van der Waals surface area (Å²) in [6.45, 7) is 9.06. The second kappa shape index (κ2) is 4.16. The molecule has 0 aromatic heterocycles.